The third kappa shape index (κ3) is 2.61. The quantitative estimate of drug-likeness (QED) is 0.826. The molecule has 0 aliphatic heterocycles. The average Bonchev–Trinajstić information content (AvgIpc) is 2.91. The molecule has 2 rings (SSSR count). The van der Waals surface area contributed by atoms with Crippen LogP contribution in [-0.2, 0) is 17.9 Å². The molecule has 0 saturated carbocycles. The summed E-state index contributed by atoms with van der Waals surface area (Å²) < 4.78 is 3.74. The number of fused-ring (bicyclic) bond motifs is 1. The maximum atomic E-state index is 11.7. The van der Waals surface area contributed by atoms with Crippen LogP contribution in [0.5, 0.6) is 0 Å². The van der Waals surface area contributed by atoms with E-state index in [1.165, 1.54) is 0 Å². The summed E-state index contributed by atoms with van der Waals surface area (Å²) in [6, 6.07) is 0. The Hall–Kier alpha value is -2.05. The van der Waals surface area contributed by atoms with Gasteiger partial charge in [-0.1, -0.05) is 6.92 Å². The number of nitrogens with two attached hydrogens (primary N) is 1. The fraction of sp³-hybridized carbons (Fsp3) is 0.615. The van der Waals surface area contributed by atoms with Gasteiger partial charge in [0.1, 0.15) is 5.52 Å². The monoisotopic (exact) mass is 278 g/mol. The Morgan fingerprint density at radius 1 is 1.40 bits per heavy atom. The molecule has 0 aromatic carbocycles. The van der Waals surface area contributed by atoms with E-state index in [1.807, 2.05) is 30.0 Å². The molecule has 0 radical (unpaired) electrons. The van der Waals surface area contributed by atoms with Crippen LogP contribution in [0.4, 0.5) is 5.95 Å². The lowest BCUT2D eigenvalue weighted by Gasteiger charge is -2.08. The number of nitrogens with one attached hydrogen (secondary N) is 1. The lowest BCUT2D eigenvalue weighted by atomic mass is 10.3. The van der Waals surface area contributed by atoms with Gasteiger partial charge in [0, 0.05) is 26.1 Å². The van der Waals surface area contributed by atoms with Crippen LogP contribution in [0.1, 0.15) is 32.4 Å². The SMILES string of the molecule is CCCNC(=O)CCn1c(N)nc2c(C)nn(CC)c21. The van der Waals surface area contributed by atoms with Crippen molar-refractivity contribution in [3.8, 4) is 0 Å². The van der Waals surface area contributed by atoms with Gasteiger partial charge in [0.25, 0.3) is 0 Å². The first-order valence-electron chi connectivity index (χ1n) is 7.04. The van der Waals surface area contributed by atoms with Gasteiger partial charge in [0.05, 0.1) is 5.69 Å². The molecule has 7 nitrogen and oxygen atoms in total. The zero-order valence-corrected chi connectivity index (χ0v) is 12.3. The first-order valence-corrected chi connectivity index (χ1v) is 7.04. The Bertz CT molecular complexity index is 612. The maximum Gasteiger partial charge on any atom is 0.221 e. The number of imidazole rings is 1. The summed E-state index contributed by atoms with van der Waals surface area (Å²) in [6.45, 7) is 7.94. The number of carbonyl (C=O) groups is 1. The molecular formula is C13H22N6O. The molecular weight excluding hydrogens is 256 g/mol. The van der Waals surface area contributed by atoms with Crippen LogP contribution in [0.25, 0.3) is 11.2 Å². The zero-order valence-electron chi connectivity index (χ0n) is 12.3. The van der Waals surface area contributed by atoms with Crippen LogP contribution in [0.2, 0.25) is 0 Å². The van der Waals surface area contributed by atoms with Gasteiger partial charge < -0.3 is 11.1 Å². The Labute approximate surface area is 118 Å². The van der Waals surface area contributed by atoms with Crippen molar-refractivity contribution < 1.29 is 4.79 Å². The van der Waals surface area contributed by atoms with Crippen molar-refractivity contribution in [2.75, 3.05) is 12.3 Å². The van der Waals surface area contributed by atoms with E-state index in [0.717, 1.165) is 29.8 Å². The molecule has 0 atom stereocenters. The molecule has 0 bridgehead atoms. The predicted octanol–water partition coefficient (Wildman–Crippen LogP) is 1.06. The molecule has 110 valence electrons. The summed E-state index contributed by atoms with van der Waals surface area (Å²) in [5.74, 6) is 0.471. The third-order valence-electron chi connectivity index (χ3n) is 3.26. The molecule has 20 heavy (non-hydrogen) atoms. The standard InChI is InChI=1S/C13H22N6O/c1-4-7-15-10(20)6-8-18-12-11(16-13(18)14)9(3)17-19(12)5-2/h4-8H2,1-3H3,(H2,14,16)(H,15,20). The number of hydrogen-bond acceptors (Lipinski definition) is 4. The number of amides is 1. The molecule has 1 amide bonds. The highest BCUT2D eigenvalue weighted by Gasteiger charge is 2.17. The largest absolute Gasteiger partial charge is 0.369 e. The van der Waals surface area contributed by atoms with E-state index in [0.29, 0.717) is 25.5 Å². The first-order chi connectivity index (χ1) is 9.58. The molecule has 3 N–H and O–H groups in total. The summed E-state index contributed by atoms with van der Waals surface area (Å²) in [5, 5.41) is 7.28. The van der Waals surface area contributed by atoms with Gasteiger partial charge in [0.2, 0.25) is 11.9 Å². The van der Waals surface area contributed by atoms with Crippen LogP contribution >= 0.6 is 0 Å². The molecule has 0 fully saturated rings. The predicted molar refractivity (Wildman–Crippen MR) is 78.3 cm³/mol. The van der Waals surface area contributed by atoms with Gasteiger partial charge in [0.15, 0.2) is 5.65 Å². The number of carbonyl (C=O) groups excluding carboxylic acids is 1. The highest BCUT2D eigenvalue weighted by Crippen LogP contribution is 2.21. The number of rotatable bonds is 6. The maximum absolute atomic E-state index is 11.7. The Morgan fingerprint density at radius 3 is 2.80 bits per heavy atom. The molecule has 0 spiro atoms. The van der Waals surface area contributed by atoms with Gasteiger partial charge in [-0.2, -0.15) is 5.10 Å². The number of aromatic nitrogens is 4. The van der Waals surface area contributed by atoms with Gasteiger partial charge in [-0.25, -0.2) is 9.67 Å². The van der Waals surface area contributed by atoms with Gasteiger partial charge in [-0.05, 0) is 20.3 Å². The Morgan fingerprint density at radius 2 is 2.15 bits per heavy atom. The third-order valence-corrected chi connectivity index (χ3v) is 3.26. The first kappa shape index (κ1) is 14.4. The zero-order chi connectivity index (χ0) is 14.7. The number of anilines is 1. The van der Waals surface area contributed by atoms with E-state index in [1.54, 1.807) is 0 Å². The van der Waals surface area contributed by atoms with E-state index in [9.17, 15) is 4.79 Å². The molecule has 0 aliphatic carbocycles. The van der Waals surface area contributed by atoms with Crippen molar-refractivity contribution in [2.24, 2.45) is 0 Å². The lowest BCUT2D eigenvalue weighted by molar-refractivity contribution is -0.121. The number of nitrogens with zero attached hydrogens (tertiary/aromatic N) is 4. The highest BCUT2D eigenvalue weighted by molar-refractivity contribution is 5.79. The second kappa shape index (κ2) is 5.94. The Balaban J connectivity index is 2.21. The van der Waals surface area contributed by atoms with E-state index >= 15 is 0 Å². The molecule has 2 aromatic heterocycles. The van der Waals surface area contributed by atoms with Crippen molar-refractivity contribution >= 4 is 23.0 Å². The minimum Gasteiger partial charge on any atom is -0.369 e. The van der Waals surface area contributed by atoms with Crippen LogP contribution in [-0.4, -0.2) is 31.8 Å². The van der Waals surface area contributed by atoms with Crippen LogP contribution in [0, 0.1) is 6.92 Å². The van der Waals surface area contributed by atoms with Crippen LogP contribution < -0.4 is 11.1 Å². The summed E-state index contributed by atoms with van der Waals surface area (Å²) >= 11 is 0. The fourth-order valence-corrected chi connectivity index (χ4v) is 2.25. The fourth-order valence-electron chi connectivity index (χ4n) is 2.25. The van der Waals surface area contributed by atoms with Crippen LogP contribution in [0.3, 0.4) is 0 Å². The normalized spacial score (nSPS) is 11.2. The Kier molecular flexibility index (Phi) is 4.26. The van der Waals surface area contributed by atoms with E-state index in [4.69, 9.17) is 5.73 Å². The second-order valence-electron chi connectivity index (χ2n) is 4.79. The molecule has 0 saturated heterocycles. The minimum absolute atomic E-state index is 0.0346. The molecule has 0 aliphatic rings. The van der Waals surface area contributed by atoms with Crippen molar-refractivity contribution in [2.45, 2.75) is 46.7 Å². The van der Waals surface area contributed by atoms with Gasteiger partial charge >= 0.3 is 0 Å². The van der Waals surface area contributed by atoms with Crippen molar-refractivity contribution in [3.05, 3.63) is 5.69 Å². The molecule has 2 aromatic rings. The highest BCUT2D eigenvalue weighted by atomic mass is 16.1. The second-order valence-corrected chi connectivity index (χ2v) is 4.79. The molecule has 7 heteroatoms. The average molecular weight is 278 g/mol. The smallest absolute Gasteiger partial charge is 0.221 e. The minimum atomic E-state index is 0.0346. The van der Waals surface area contributed by atoms with E-state index < -0.39 is 0 Å². The number of hydrogen-bond donors (Lipinski definition) is 2. The van der Waals surface area contributed by atoms with Crippen molar-refractivity contribution in [1.82, 2.24) is 24.6 Å². The summed E-state index contributed by atoms with van der Waals surface area (Å²) in [7, 11) is 0. The summed E-state index contributed by atoms with van der Waals surface area (Å²) in [4.78, 5) is 16.0. The topological polar surface area (TPSA) is 90.8 Å². The summed E-state index contributed by atoms with van der Waals surface area (Å²) in [5.41, 5.74) is 8.53. The number of nitrogen functional groups attached to an aromatic ring is 1. The number of aryl methyl sites for hydroxylation is 3. The molecule has 2 heterocycles. The lowest BCUT2D eigenvalue weighted by Crippen LogP contribution is -2.25. The van der Waals surface area contributed by atoms with Crippen molar-refractivity contribution in [3.63, 3.8) is 0 Å². The van der Waals surface area contributed by atoms with Gasteiger partial charge in [-0.3, -0.25) is 9.36 Å². The van der Waals surface area contributed by atoms with Crippen LogP contribution in [0.15, 0.2) is 0 Å². The summed E-state index contributed by atoms with van der Waals surface area (Å²) in [6.07, 6.45) is 1.33. The van der Waals surface area contributed by atoms with E-state index in [-0.39, 0.29) is 5.91 Å². The molecule has 0 unspecified atom stereocenters. The van der Waals surface area contributed by atoms with E-state index in [2.05, 4.69) is 15.4 Å². The van der Waals surface area contributed by atoms with Gasteiger partial charge in [-0.15, -0.1) is 0 Å². The van der Waals surface area contributed by atoms with Crippen molar-refractivity contribution in [1.29, 1.82) is 0 Å².